The molecule has 10 heteroatoms. The van der Waals surface area contributed by atoms with Crippen LogP contribution in [0.25, 0.3) is 0 Å². The zero-order chi connectivity index (χ0) is 23.3. The zero-order valence-electron chi connectivity index (χ0n) is 17.9. The van der Waals surface area contributed by atoms with Crippen molar-refractivity contribution in [2.24, 2.45) is 11.5 Å². The van der Waals surface area contributed by atoms with Crippen molar-refractivity contribution in [2.75, 3.05) is 26.3 Å². The standard InChI is InChI=1S/C22H30N6O4/c23-21(24)16-5-8-18(9-6-16)31-13-3-1-11-27-12-2-4-14-32-20-10-7-17(22(25)26)15-19(20)28(29)30/h5-10,15,27H,1-4,11-14H2,(H3,23,24)(H3,25,26). The second-order valence-electron chi connectivity index (χ2n) is 7.15. The molecule has 2 aromatic carbocycles. The summed E-state index contributed by atoms with van der Waals surface area (Å²) in [5.41, 5.74) is 11.6. The maximum Gasteiger partial charge on any atom is 0.311 e. The quantitative estimate of drug-likeness (QED) is 0.0926. The van der Waals surface area contributed by atoms with Crippen LogP contribution in [0.4, 0.5) is 5.69 Å². The van der Waals surface area contributed by atoms with Gasteiger partial charge in [-0.05, 0) is 75.2 Å². The van der Waals surface area contributed by atoms with Gasteiger partial charge < -0.3 is 26.3 Å². The maximum atomic E-state index is 11.2. The molecule has 0 aliphatic heterocycles. The minimum atomic E-state index is -0.534. The van der Waals surface area contributed by atoms with E-state index >= 15 is 0 Å². The number of rotatable bonds is 15. The molecule has 2 aromatic rings. The lowest BCUT2D eigenvalue weighted by atomic mass is 10.1. The van der Waals surface area contributed by atoms with Crippen molar-refractivity contribution in [3.05, 3.63) is 63.7 Å². The van der Waals surface area contributed by atoms with Gasteiger partial charge in [0.15, 0.2) is 5.75 Å². The van der Waals surface area contributed by atoms with E-state index in [1.807, 2.05) is 12.1 Å². The van der Waals surface area contributed by atoms with E-state index in [4.69, 9.17) is 31.8 Å². The van der Waals surface area contributed by atoms with Gasteiger partial charge in [-0.3, -0.25) is 20.9 Å². The molecule has 0 radical (unpaired) electrons. The first-order valence-electron chi connectivity index (χ1n) is 10.4. The molecule has 32 heavy (non-hydrogen) atoms. The maximum absolute atomic E-state index is 11.2. The van der Waals surface area contributed by atoms with Crippen molar-refractivity contribution in [2.45, 2.75) is 25.7 Å². The zero-order valence-corrected chi connectivity index (χ0v) is 17.9. The third-order valence-corrected chi connectivity index (χ3v) is 4.65. The third-order valence-electron chi connectivity index (χ3n) is 4.65. The fourth-order valence-electron chi connectivity index (χ4n) is 2.88. The van der Waals surface area contributed by atoms with Gasteiger partial charge in [-0.2, -0.15) is 0 Å². The molecule has 0 atom stereocenters. The average Bonchev–Trinajstić information content (AvgIpc) is 2.77. The van der Waals surface area contributed by atoms with Gasteiger partial charge in [-0.15, -0.1) is 0 Å². The van der Waals surface area contributed by atoms with Crippen LogP contribution in [0, 0.1) is 20.9 Å². The predicted molar refractivity (Wildman–Crippen MR) is 124 cm³/mol. The Morgan fingerprint density at radius 1 is 0.875 bits per heavy atom. The fourth-order valence-corrected chi connectivity index (χ4v) is 2.88. The highest BCUT2D eigenvalue weighted by molar-refractivity contribution is 5.96. The van der Waals surface area contributed by atoms with Crippen molar-refractivity contribution >= 4 is 17.4 Å². The number of hydrogen-bond donors (Lipinski definition) is 5. The summed E-state index contributed by atoms with van der Waals surface area (Å²) in [7, 11) is 0. The Morgan fingerprint density at radius 2 is 1.44 bits per heavy atom. The van der Waals surface area contributed by atoms with E-state index in [0.29, 0.717) is 24.3 Å². The van der Waals surface area contributed by atoms with Crippen LogP contribution >= 0.6 is 0 Å². The molecule has 2 rings (SSSR count). The highest BCUT2D eigenvalue weighted by Gasteiger charge is 2.16. The number of nitro groups is 1. The van der Waals surface area contributed by atoms with Gasteiger partial charge in [0.05, 0.1) is 18.1 Å². The summed E-state index contributed by atoms with van der Waals surface area (Å²) in [6.45, 7) is 2.71. The highest BCUT2D eigenvalue weighted by Crippen LogP contribution is 2.28. The van der Waals surface area contributed by atoms with E-state index in [9.17, 15) is 10.1 Å². The first kappa shape index (κ1) is 24.6. The van der Waals surface area contributed by atoms with Gasteiger partial charge in [-0.1, -0.05) is 0 Å². The summed E-state index contributed by atoms with van der Waals surface area (Å²) in [6.07, 6.45) is 3.55. The number of nitro benzene ring substituents is 1. The second kappa shape index (κ2) is 12.9. The molecule has 0 fully saturated rings. The highest BCUT2D eigenvalue weighted by atomic mass is 16.6. The Kier molecular flexibility index (Phi) is 9.92. The van der Waals surface area contributed by atoms with E-state index in [-0.39, 0.29) is 23.1 Å². The van der Waals surface area contributed by atoms with Crippen molar-refractivity contribution in [3.8, 4) is 11.5 Å². The molecule has 0 aromatic heterocycles. The third kappa shape index (κ3) is 8.23. The molecule has 10 nitrogen and oxygen atoms in total. The monoisotopic (exact) mass is 442 g/mol. The molecule has 0 unspecified atom stereocenters. The molecule has 0 saturated carbocycles. The Morgan fingerprint density at radius 3 is 2.00 bits per heavy atom. The van der Waals surface area contributed by atoms with Gasteiger partial charge in [0.2, 0.25) is 0 Å². The number of nitrogens with one attached hydrogen (secondary N) is 3. The average molecular weight is 443 g/mol. The van der Waals surface area contributed by atoms with E-state index in [1.54, 1.807) is 12.1 Å². The molecule has 7 N–H and O–H groups in total. The van der Waals surface area contributed by atoms with Crippen LogP contribution in [0.3, 0.4) is 0 Å². The van der Waals surface area contributed by atoms with E-state index in [1.165, 1.54) is 18.2 Å². The summed E-state index contributed by atoms with van der Waals surface area (Å²) >= 11 is 0. The lowest BCUT2D eigenvalue weighted by molar-refractivity contribution is -0.385. The van der Waals surface area contributed by atoms with Gasteiger partial charge in [0.25, 0.3) is 0 Å². The second-order valence-corrected chi connectivity index (χ2v) is 7.15. The molecule has 0 heterocycles. The van der Waals surface area contributed by atoms with Crippen LogP contribution in [0.15, 0.2) is 42.5 Å². The minimum Gasteiger partial charge on any atom is -0.494 e. The van der Waals surface area contributed by atoms with Crippen molar-refractivity contribution in [3.63, 3.8) is 0 Å². The minimum absolute atomic E-state index is 0.0406. The van der Waals surface area contributed by atoms with Gasteiger partial charge >= 0.3 is 5.69 Å². The van der Waals surface area contributed by atoms with Crippen LogP contribution in [0.1, 0.15) is 36.8 Å². The van der Waals surface area contributed by atoms with Crippen molar-refractivity contribution in [1.82, 2.24) is 5.32 Å². The summed E-state index contributed by atoms with van der Waals surface area (Å²) in [5.74, 6) is 0.766. The van der Waals surface area contributed by atoms with Crippen LogP contribution < -0.4 is 26.3 Å². The van der Waals surface area contributed by atoms with Crippen molar-refractivity contribution < 1.29 is 14.4 Å². The van der Waals surface area contributed by atoms with Gasteiger partial charge in [0, 0.05) is 17.2 Å². The van der Waals surface area contributed by atoms with E-state index < -0.39 is 4.92 Å². The van der Waals surface area contributed by atoms with Crippen LogP contribution in [0.2, 0.25) is 0 Å². The summed E-state index contributed by atoms with van der Waals surface area (Å²) in [5, 5.41) is 29.3. The predicted octanol–water partition coefficient (Wildman–Crippen LogP) is 2.77. The lowest BCUT2D eigenvalue weighted by Crippen LogP contribution is -2.18. The molecular formula is C22H30N6O4. The Balaban J connectivity index is 1.52. The number of nitrogens with zero attached hydrogens (tertiary/aromatic N) is 1. The van der Waals surface area contributed by atoms with E-state index in [2.05, 4.69) is 5.32 Å². The summed E-state index contributed by atoms with van der Waals surface area (Å²) in [4.78, 5) is 10.6. The van der Waals surface area contributed by atoms with E-state index in [0.717, 1.165) is 44.5 Å². The van der Waals surface area contributed by atoms with Crippen LogP contribution in [-0.2, 0) is 0 Å². The molecule has 0 saturated heterocycles. The fraction of sp³-hybridized carbons (Fsp3) is 0.364. The number of ether oxygens (including phenoxy) is 2. The number of amidine groups is 2. The number of hydrogen-bond acceptors (Lipinski definition) is 7. The van der Waals surface area contributed by atoms with Gasteiger partial charge in [-0.25, -0.2) is 0 Å². The first-order chi connectivity index (χ1) is 15.4. The number of nitrogen functional groups attached to an aromatic ring is 2. The Hall–Kier alpha value is -3.66. The summed E-state index contributed by atoms with van der Waals surface area (Å²) in [6, 6.07) is 11.4. The molecule has 0 amide bonds. The molecule has 0 spiro atoms. The number of unbranched alkanes of at least 4 members (excludes halogenated alkanes) is 2. The lowest BCUT2D eigenvalue weighted by Gasteiger charge is -2.09. The SMILES string of the molecule is N=C(N)c1ccc(OCCCCNCCCCOc2ccc(C(=N)N)cc2[N+](=O)[O-])cc1. The number of benzene rings is 2. The van der Waals surface area contributed by atoms with Crippen LogP contribution in [0.5, 0.6) is 11.5 Å². The molecule has 0 aliphatic carbocycles. The molecule has 0 aliphatic rings. The topological polar surface area (TPSA) is 173 Å². The van der Waals surface area contributed by atoms with Crippen LogP contribution in [-0.4, -0.2) is 42.9 Å². The largest absolute Gasteiger partial charge is 0.494 e. The Bertz CT molecular complexity index is 917. The Labute approximate surface area is 187 Å². The van der Waals surface area contributed by atoms with Gasteiger partial charge in [0.1, 0.15) is 17.4 Å². The van der Waals surface area contributed by atoms with Crippen molar-refractivity contribution in [1.29, 1.82) is 10.8 Å². The summed E-state index contributed by atoms with van der Waals surface area (Å²) < 4.78 is 11.2. The molecular weight excluding hydrogens is 412 g/mol. The normalized spacial score (nSPS) is 10.5. The number of nitrogens with two attached hydrogens (primary N) is 2. The first-order valence-corrected chi connectivity index (χ1v) is 10.4. The molecule has 0 bridgehead atoms. The smallest absolute Gasteiger partial charge is 0.311 e. The molecule has 172 valence electrons.